The minimum absolute atomic E-state index is 0.0713. The van der Waals surface area contributed by atoms with Gasteiger partial charge in [0.1, 0.15) is 0 Å². The Balaban J connectivity index is 1.49. The molecule has 0 aliphatic carbocycles. The summed E-state index contributed by atoms with van der Waals surface area (Å²) in [6.45, 7) is 0.385. The molecule has 156 valence electrons. The van der Waals surface area contributed by atoms with E-state index in [-0.39, 0.29) is 5.78 Å². The van der Waals surface area contributed by atoms with Crippen molar-refractivity contribution in [3.63, 3.8) is 0 Å². The lowest BCUT2D eigenvalue weighted by Crippen LogP contribution is -2.05. The van der Waals surface area contributed by atoms with Gasteiger partial charge in [-0.2, -0.15) is 18.3 Å². The fourth-order valence-corrected chi connectivity index (χ4v) is 3.24. The molecule has 0 saturated carbocycles. The molecule has 0 amide bonds. The topological polar surface area (TPSA) is 57.8 Å². The van der Waals surface area contributed by atoms with Crippen LogP contribution >= 0.6 is 0 Å². The van der Waals surface area contributed by atoms with E-state index >= 15 is 0 Å². The van der Waals surface area contributed by atoms with E-state index in [4.69, 9.17) is 0 Å². The molecular weight excluding hydrogens is 403 g/mol. The molecule has 0 saturated heterocycles. The normalized spacial score (nSPS) is 11.3. The first-order chi connectivity index (χ1) is 14.9. The lowest BCUT2D eigenvalue weighted by Gasteiger charge is -2.10. The number of H-pyrrole nitrogens is 1. The van der Waals surface area contributed by atoms with Crippen LogP contribution in [0.1, 0.15) is 27.0 Å². The van der Waals surface area contributed by atoms with Crippen molar-refractivity contribution in [3.8, 4) is 11.3 Å². The number of benzene rings is 3. The molecule has 0 radical (unpaired) electrons. The van der Waals surface area contributed by atoms with Crippen LogP contribution < -0.4 is 5.32 Å². The summed E-state index contributed by atoms with van der Waals surface area (Å²) in [4.78, 5) is 12.6. The second kappa shape index (κ2) is 8.47. The second-order valence-electron chi connectivity index (χ2n) is 6.97. The Kier molecular flexibility index (Phi) is 5.58. The van der Waals surface area contributed by atoms with Gasteiger partial charge in [-0.3, -0.25) is 9.89 Å². The van der Waals surface area contributed by atoms with Gasteiger partial charge in [0.2, 0.25) is 0 Å². The lowest BCUT2D eigenvalue weighted by atomic mass is 10.0. The summed E-state index contributed by atoms with van der Waals surface area (Å²) in [5, 5.41) is 10.1. The Morgan fingerprint density at radius 2 is 1.61 bits per heavy atom. The zero-order valence-corrected chi connectivity index (χ0v) is 16.3. The van der Waals surface area contributed by atoms with Gasteiger partial charge in [0.25, 0.3) is 0 Å². The molecule has 1 heterocycles. The van der Waals surface area contributed by atoms with Crippen LogP contribution in [0.25, 0.3) is 11.3 Å². The summed E-state index contributed by atoms with van der Waals surface area (Å²) in [6.07, 6.45) is -2.75. The van der Waals surface area contributed by atoms with E-state index in [9.17, 15) is 18.0 Å². The Bertz CT molecular complexity index is 1180. The van der Waals surface area contributed by atoms with Crippen molar-refractivity contribution in [2.75, 3.05) is 5.32 Å². The highest BCUT2D eigenvalue weighted by atomic mass is 19.4. The number of carbonyl (C=O) groups excluding carboxylic acids is 1. The molecule has 4 aromatic rings. The molecule has 0 atom stereocenters. The van der Waals surface area contributed by atoms with Crippen LogP contribution in [-0.2, 0) is 12.7 Å². The number of hydrogen-bond donors (Lipinski definition) is 2. The number of alkyl halides is 3. The molecule has 0 bridgehead atoms. The summed E-state index contributed by atoms with van der Waals surface area (Å²) in [7, 11) is 0. The van der Waals surface area contributed by atoms with Gasteiger partial charge in [-0.05, 0) is 29.8 Å². The summed E-state index contributed by atoms with van der Waals surface area (Å²) in [6, 6.07) is 21.1. The third kappa shape index (κ3) is 4.66. The van der Waals surface area contributed by atoms with Crippen molar-refractivity contribution >= 4 is 11.5 Å². The summed E-state index contributed by atoms with van der Waals surface area (Å²) in [5.74, 6) is -0.0713. The van der Waals surface area contributed by atoms with E-state index in [0.717, 1.165) is 23.4 Å². The van der Waals surface area contributed by atoms with Gasteiger partial charge < -0.3 is 5.32 Å². The smallest absolute Gasteiger partial charge is 0.381 e. The standard InChI is InChI=1S/C24H18F3N3O/c25-24(26,27)20-11-9-16(10-12-20)22-19(15-29-30-22)14-28-21-8-4-7-18(13-21)23(31)17-5-2-1-3-6-17/h1-13,15,28H,14H2,(H,29,30). The fraction of sp³-hybridized carbons (Fsp3) is 0.0833. The number of anilines is 1. The van der Waals surface area contributed by atoms with E-state index < -0.39 is 11.7 Å². The Hall–Kier alpha value is -3.87. The molecule has 4 rings (SSSR count). The van der Waals surface area contributed by atoms with Gasteiger partial charge in [-0.15, -0.1) is 0 Å². The van der Waals surface area contributed by atoms with Crippen molar-refractivity contribution < 1.29 is 18.0 Å². The van der Waals surface area contributed by atoms with Crippen LogP contribution in [0.5, 0.6) is 0 Å². The number of hydrogen-bond acceptors (Lipinski definition) is 3. The highest BCUT2D eigenvalue weighted by Crippen LogP contribution is 2.31. The fourth-order valence-electron chi connectivity index (χ4n) is 3.24. The van der Waals surface area contributed by atoms with Crippen molar-refractivity contribution in [2.24, 2.45) is 0 Å². The zero-order valence-electron chi connectivity index (χ0n) is 16.3. The van der Waals surface area contributed by atoms with Crippen molar-refractivity contribution in [1.29, 1.82) is 0 Å². The van der Waals surface area contributed by atoms with Gasteiger partial charge in [0, 0.05) is 28.9 Å². The van der Waals surface area contributed by atoms with Gasteiger partial charge in [0.05, 0.1) is 17.5 Å². The minimum atomic E-state index is -4.38. The molecule has 7 heteroatoms. The average molecular weight is 421 g/mol. The number of nitrogens with one attached hydrogen (secondary N) is 2. The highest BCUT2D eigenvalue weighted by molar-refractivity contribution is 6.09. The Morgan fingerprint density at radius 3 is 2.32 bits per heavy atom. The number of carbonyl (C=O) groups is 1. The van der Waals surface area contributed by atoms with Crippen molar-refractivity contribution in [2.45, 2.75) is 12.7 Å². The maximum atomic E-state index is 12.8. The van der Waals surface area contributed by atoms with E-state index in [2.05, 4.69) is 15.5 Å². The maximum absolute atomic E-state index is 12.8. The number of ketones is 1. The van der Waals surface area contributed by atoms with Gasteiger partial charge in [-0.25, -0.2) is 0 Å². The van der Waals surface area contributed by atoms with Gasteiger partial charge in [-0.1, -0.05) is 54.6 Å². The van der Waals surface area contributed by atoms with E-state index in [0.29, 0.717) is 28.9 Å². The van der Waals surface area contributed by atoms with Crippen LogP contribution in [0.2, 0.25) is 0 Å². The Morgan fingerprint density at radius 1 is 0.903 bits per heavy atom. The van der Waals surface area contributed by atoms with E-state index in [1.54, 1.807) is 36.5 Å². The van der Waals surface area contributed by atoms with E-state index in [1.807, 2.05) is 24.3 Å². The molecule has 1 aromatic heterocycles. The summed E-state index contributed by atoms with van der Waals surface area (Å²) >= 11 is 0. The molecule has 4 nitrogen and oxygen atoms in total. The van der Waals surface area contributed by atoms with Gasteiger partial charge in [0.15, 0.2) is 5.78 Å². The molecule has 0 spiro atoms. The van der Waals surface area contributed by atoms with Gasteiger partial charge >= 0.3 is 6.18 Å². The SMILES string of the molecule is O=C(c1ccccc1)c1cccc(NCc2cn[nH]c2-c2ccc(C(F)(F)F)cc2)c1. The molecular formula is C24H18F3N3O. The number of halogens is 3. The molecule has 31 heavy (non-hydrogen) atoms. The largest absolute Gasteiger partial charge is 0.416 e. The molecule has 0 fully saturated rings. The highest BCUT2D eigenvalue weighted by Gasteiger charge is 2.30. The van der Waals surface area contributed by atoms with Crippen LogP contribution in [0.15, 0.2) is 85.1 Å². The molecule has 2 N–H and O–H groups in total. The van der Waals surface area contributed by atoms with Crippen LogP contribution in [0, 0.1) is 0 Å². The lowest BCUT2D eigenvalue weighted by molar-refractivity contribution is -0.137. The third-order valence-corrected chi connectivity index (χ3v) is 4.86. The summed E-state index contributed by atoms with van der Waals surface area (Å²) in [5.41, 5.74) is 3.26. The number of aromatic amines is 1. The maximum Gasteiger partial charge on any atom is 0.416 e. The summed E-state index contributed by atoms with van der Waals surface area (Å²) < 4.78 is 38.4. The molecule has 0 aliphatic rings. The van der Waals surface area contributed by atoms with E-state index in [1.165, 1.54) is 12.1 Å². The second-order valence-corrected chi connectivity index (χ2v) is 6.97. The first-order valence-electron chi connectivity index (χ1n) is 9.55. The predicted octanol–water partition coefficient (Wildman–Crippen LogP) is 5.94. The molecule has 0 aliphatic heterocycles. The van der Waals surface area contributed by atoms with Crippen LogP contribution in [0.3, 0.4) is 0 Å². The monoisotopic (exact) mass is 421 g/mol. The van der Waals surface area contributed by atoms with Crippen LogP contribution in [-0.4, -0.2) is 16.0 Å². The van der Waals surface area contributed by atoms with Crippen molar-refractivity contribution in [1.82, 2.24) is 10.2 Å². The quantitative estimate of drug-likeness (QED) is 0.379. The minimum Gasteiger partial charge on any atom is -0.381 e. The zero-order chi connectivity index (χ0) is 21.8. The number of rotatable bonds is 6. The van der Waals surface area contributed by atoms with Crippen LogP contribution in [0.4, 0.5) is 18.9 Å². The molecule has 3 aromatic carbocycles. The van der Waals surface area contributed by atoms with Crippen molar-refractivity contribution in [3.05, 3.63) is 107 Å². The first-order valence-corrected chi connectivity index (χ1v) is 9.55. The number of nitrogens with zero attached hydrogens (tertiary/aromatic N) is 1. The number of aromatic nitrogens is 2. The average Bonchev–Trinajstić information content (AvgIpc) is 3.26. The Labute approximate surface area is 176 Å². The molecule has 0 unspecified atom stereocenters. The first kappa shape index (κ1) is 20.4. The predicted molar refractivity (Wildman–Crippen MR) is 113 cm³/mol. The third-order valence-electron chi connectivity index (χ3n) is 4.86.